The number of nitrogens with zero attached hydrogens (tertiary/aromatic N) is 3. The van der Waals surface area contributed by atoms with Gasteiger partial charge in [0.05, 0.1) is 5.69 Å². The van der Waals surface area contributed by atoms with Gasteiger partial charge in [-0.1, -0.05) is 35.9 Å². The predicted octanol–water partition coefficient (Wildman–Crippen LogP) is 3.69. The normalized spacial score (nSPS) is 10.5. The highest BCUT2D eigenvalue weighted by atomic mass is 35.5. The van der Waals surface area contributed by atoms with Gasteiger partial charge in [0.1, 0.15) is 5.69 Å². The molecule has 22 heavy (non-hydrogen) atoms. The van der Waals surface area contributed by atoms with Crippen molar-refractivity contribution in [1.29, 1.82) is 0 Å². The van der Waals surface area contributed by atoms with E-state index in [4.69, 9.17) is 11.6 Å². The van der Waals surface area contributed by atoms with Crippen LogP contribution in [0, 0.1) is 6.92 Å². The summed E-state index contributed by atoms with van der Waals surface area (Å²) in [6.45, 7) is 9.15. The predicted molar refractivity (Wildman–Crippen MR) is 89.0 cm³/mol. The Labute approximate surface area is 136 Å². The summed E-state index contributed by atoms with van der Waals surface area (Å²) < 4.78 is 1.72. The Morgan fingerprint density at radius 1 is 1.45 bits per heavy atom. The number of aromatic nitrogens is 2. The molecule has 0 fully saturated rings. The Morgan fingerprint density at radius 2 is 2.18 bits per heavy atom. The van der Waals surface area contributed by atoms with Crippen molar-refractivity contribution in [2.24, 2.45) is 0 Å². The summed E-state index contributed by atoms with van der Waals surface area (Å²) in [6.07, 6.45) is 1.72. The molecule has 0 atom stereocenters. The SMILES string of the molecule is C=CCN(Cc1ccccc1Cl)C(=O)c1cc(C)nn1CC. The molecule has 0 N–H and O–H groups in total. The first kappa shape index (κ1) is 16.3. The number of aryl methyl sites for hydroxylation is 2. The minimum Gasteiger partial charge on any atom is -0.329 e. The minimum absolute atomic E-state index is 0.0673. The van der Waals surface area contributed by atoms with Gasteiger partial charge in [0.15, 0.2) is 0 Å². The van der Waals surface area contributed by atoms with Crippen LogP contribution in [0.15, 0.2) is 43.0 Å². The number of amides is 1. The monoisotopic (exact) mass is 317 g/mol. The van der Waals surface area contributed by atoms with E-state index in [1.807, 2.05) is 44.2 Å². The van der Waals surface area contributed by atoms with E-state index >= 15 is 0 Å². The summed E-state index contributed by atoms with van der Waals surface area (Å²) in [5.74, 6) is -0.0673. The van der Waals surface area contributed by atoms with Crippen LogP contribution < -0.4 is 0 Å². The molecular weight excluding hydrogens is 298 g/mol. The number of hydrogen-bond donors (Lipinski definition) is 0. The molecule has 0 saturated carbocycles. The lowest BCUT2D eigenvalue weighted by Gasteiger charge is -2.22. The van der Waals surface area contributed by atoms with E-state index in [0.717, 1.165) is 11.3 Å². The van der Waals surface area contributed by atoms with E-state index in [-0.39, 0.29) is 5.91 Å². The molecule has 2 rings (SSSR count). The van der Waals surface area contributed by atoms with Gasteiger partial charge in [-0.2, -0.15) is 5.10 Å². The highest BCUT2D eigenvalue weighted by Crippen LogP contribution is 2.18. The second-order valence-electron chi connectivity index (χ2n) is 5.05. The van der Waals surface area contributed by atoms with E-state index in [1.165, 1.54) is 0 Å². The highest BCUT2D eigenvalue weighted by Gasteiger charge is 2.20. The number of hydrogen-bond acceptors (Lipinski definition) is 2. The molecule has 0 aliphatic rings. The number of carbonyl (C=O) groups excluding carboxylic acids is 1. The Balaban J connectivity index is 2.29. The van der Waals surface area contributed by atoms with Gasteiger partial charge in [0.25, 0.3) is 5.91 Å². The highest BCUT2D eigenvalue weighted by molar-refractivity contribution is 6.31. The number of benzene rings is 1. The maximum atomic E-state index is 12.8. The van der Waals surface area contributed by atoms with Gasteiger partial charge < -0.3 is 4.90 Å². The van der Waals surface area contributed by atoms with Gasteiger partial charge in [0.2, 0.25) is 0 Å². The van der Waals surface area contributed by atoms with Crippen molar-refractivity contribution in [3.8, 4) is 0 Å². The van der Waals surface area contributed by atoms with Crippen LogP contribution in [0.25, 0.3) is 0 Å². The number of rotatable bonds is 6. The average Bonchev–Trinajstić information content (AvgIpc) is 2.89. The van der Waals surface area contributed by atoms with Crippen molar-refractivity contribution >= 4 is 17.5 Å². The third-order valence-electron chi connectivity index (χ3n) is 3.38. The van der Waals surface area contributed by atoms with Crippen LogP contribution in [-0.2, 0) is 13.1 Å². The van der Waals surface area contributed by atoms with E-state index in [0.29, 0.717) is 30.4 Å². The smallest absolute Gasteiger partial charge is 0.272 e. The van der Waals surface area contributed by atoms with Gasteiger partial charge in [0, 0.05) is 24.7 Å². The van der Waals surface area contributed by atoms with Gasteiger partial charge in [-0.3, -0.25) is 9.48 Å². The van der Waals surface area contributed by atoms with E-state index in [1.54, 1.807) is 15.7 Å². The summed E-state index contributed by atoms with van der Waals surface area (Å²) in [7, 11) is 0. The molecule has 5 heteroatoms. The largest absolute Gasteiger partial charge is 0.329 e. The fourth-order valence-corrected chi connectivity index (χ4v) is 2.52. The van der Waals surface area contributed by atoms with Crippen LogP contribution in [0.4, 0.5) is 0 Å². The summed E-state index contributed by atoms with van der Waals surface area (Å²) in [5, 5.41) is 4.99. The molecular formula is C17H20ClN3O. The third kappa shape index (κ3) is 3.57. The number of halogens is 1. The molecule has 4 nitrogen and oxygen atoms in total. The van der Waals surface area contributed by atoms with Crippen molar-refractivity contribution in [3.63, 3.8) is 0 Å². The molecule has 0 aliphatic carbocycles. The zero-order chi connectivity index (χ0) is 16.1. The molecule has 0 aliphatic heterocycles. The van der Waals surface area contributed by atoms with Crippen LogP contribution in [0.2, 0.25) is 5.02 Å². The lowest BCUT2D eigenvalue weighted by atomic mass is 10.2. The molecule has 0 spiro atoms. The summed E-state index contributed by atoms with van der Waals surface area (Å²) >= 11 is 6.20. The van der Waals surface area contributed by atoms with Crippen molar-refractivity contribution < 1.29 is 4.79 Å². The van der Waals surface area contributed by atoms with Gasteiger partial charge >= 0.3 is 0 Å². The van der Waals surface area contributed by atoms with Crippen LogP contribution >= 0.6 is 11.6 Å². The first-order valence-corrected chi connectivity index (χ1v) is 7.62. The van der Waals surface area contributed by atoms with Crippen molar-refractivity contribution in [3.05, 3.63) is 65.0 Å². The van der Waals surface area contributed by atoms with Crippen molar-refractivity contribution in [1.82, 2.24) is 14.7 Å². The molecule has 0 unspecified atom stereocenters. The Kier molecular flexibility index (Phi) is 5.39. The molecule has 0 radical (unpaired) electrons. The van der Waals surface area contributed by atoms with Crippen molar-refractivity contribution in [2.75, 3.05) is 6.54 Å². The topological polar surface area (TPSA) is 38.1 Å². The number of carbonyl (C=O) groups is 1. The third-order valence-corrected chi connectivity index (χ3v) is 3.75. The van der Waals surface area contributed by atoms with Crippen LogP contribution in [0.3, 0.4) is 0 Å². The van der Waals surface area contributed by atoms with Gasteiger partial charge in [-0.25, -0.2) is 0 Å². The Morgan fingerprint density at radius 3 is 2.82 bits per heavy atom. The molecule has 116 valence electrons. The van der Waals surface area contributed by atoms with Gasteiger partial charge in [-0.15, -0.1) is 6.58 Å². The molecule has 1 amide bonds. The second-order valence-corrected chi connectivity index (χ2v) is 5.46. The lowest BCUT2D eigenvalue weighted by Crippen LogP contribution is -2.32. The minimum atomic E-state index is -0.0673. The van der Waals surface area contributed by atoms with Crippen molar-refractivity contribution in [2.45, 2.75) is 26.9 Å². The molecule has 1 aromatic heterocycles. The Bertz CT molecular complexity index is 678. The molecule has 0 saturated heterocycles. The standard InChI is InChI=1S/C17H20ClN3O/c1-4-10-20(12-14-8-6-7-9-15(14)18)17(22)16-11-13(3)19-21(16)5-2/h4,6-9,11H,1,5,10,12H2,2-3H3. The van der Waals surface area contributed by atoms with Crippen LogP contribution in [-0.4, -0.2) is 27.1 Å². The maximum Gasteiger partial charge on any atom is 0.272 e. The molecule has 1 aromatic carbocycles. The van der Waals surface area contributed by atoms with Crippen LogP contribution in [0.5, 0.6) is 0 Å². The lowest BCUT2D eigenvalue weighted by molar-refractivity contribution is 0.0750. The van der Waals surface area contributed by atoms with E-state index in [2.05, 4.69) is 11.7 Å². The first-order valence-electron chi connectivity index (χ1n) is 7.24. The Hall–Kier alpha value is -2.07. The van der Waals surface area contributed by atoms with Gasteiger partial charge in [-0.05, 0) is 31.5 Å². The molecule has 1 heterocycles. The quantitative estimate of drug-likeness (QED) is 0.762. The van der Waals surface area contributed by atoms with E-state index in [9.17, 15) is 4.79 Å². The molecule has 2 aromatic rings. The summed E-state index contributed by atoms with van der Waals surface area (Å²) in [4.78, 5) is 14.5. The summed E-state index contributed by atoms with van der Waals surface area (Å²) in [5.41, 5.74) is 2.34. The van der Waals surface area contributed by atoms with Crippen LogP contribution in [0.1, 0.15) is 28.7 Å². The molecule has 0 bridgehead atoms. The van der Waals surface area contributed by atoms with E-state index < -0.39 is 0 Å². The zero-order valence-corrected chi connectivity index (χ0v) is 13.7. The fourth-order valence-electron chi connectivity index (χ4n) is 2.33. The summed E-state index contributed by atoms with van der Waals surface area (Å²) in [6, 6.07) is 9.36. The fraction of sp³-hybridized carbons (Fsp3) is 0.294. The average molecular weight is 318 g/mol. The second kappa shape index (κ2) is 7.27. The zero-order valence-electron chi connectivity index (χ0n) is 12.9. The first-order chi connectivity index (χ1) is 10.6. The maximum absolute atomic E-state index is 12.8.